The molecule has 0 aromatic heterocycles. The topological polar surface area (TPSA) is 49.4 Å². The molecule has 1 atom stereocenters. The highest BCUT2D eigenvalue weighted by Crippen LogP contribution is 2.22. The molecule has 0 aliphatic carbocycles. The summed E-state index contributed by atoms with van der Waals surface area (Å²) >= 11 is 5.29. The lowest BCUT2D eigenvalue weighted by molar-refractivity contribution is -0.117. The molecule has 0 rings (SSSR count). The molecule has 3 amide bonds. The Balaban J connectivity index is 4.39. The van der Waals surface area contributed by atoms with Gasteiger partial charge in [-0.05, 0) is 12.3 Å². The minimum atomic E-state index is -0.477. The SMILES string of the molecule is CC(N(C)C(=O)NC(=O)CCl)C(C)(C)C. The van der Waals surface area contributed by atoms with Crippen LogP contribution in [0.3, 0.4) is 0 Å². The van der Waals surface area contributed by atoms with E-state index >= 15 is 0 Å². The number of carbonyl (C=O) groups excluding carboxylic acids is 2. The Morgan fingerprint density at radius 1 is 1.40 bits per heavy atom. The number of rotatable bonds is 2. The van der Waals surface area contributed by atoms with Crippen molar-refractivity contribution >= 4 is 23.5 Å². The number of nitrogens with one attached hydrogen (secondary N) is 1. The van der Waals surface area contributed by atoms with Crippen LogP contribution in [0.2, 0.25) is 0 Å². The predicted octanol–water partition coefficient (Wildman–Crippen LogP) is 1.83. The number of amides is 3. The van der Waals surface area contributed by atoms with Crippen LogP contribution in [-0.2, 0) is 4.79 Å². The molecular weight excluding hydrogens is 216 g/mol. The number of halogens is 1. The molecule has 0 heterocycles. The molecule has 88 valence electrons. The lowest BCUT2D eigenvalue weighted by Gasteiger charge is -2.35. The second-order valence-corrected chi connectivity index (χ2v) is 4.91. The molecule has 1 unspecified atom stereocenters. The van der Waals surface area contributed by atoms with Crippen molar-refractivity contribution in [3.63, 3.8) is 0 Å². The molecule has 0 saturated carbocycles. The van der Waals surface area contributed by atoms with Gasteiger partial charge in [-0.1, -0.05) is 20.8 Å². The predicted molar refractivity (Wildman–Crippen MR) is 60.9 cm³/mol. The fourth-order valence-corrected chi connectivity index (χ4v) is 1.06. The van der Waals surface area contributed by atoms with Gasteiger partial charge in [0.05, 0.1) is 0 Å². The summed E-state index contributed by atoms with van der Waals surface area (Å²) < 4.78 is 0. The summed E-state index contributed by atoms with van der Waals surface area (Å²) in [6, 6.07) is -0.385. The van der Waals surface area contributed by atoms with Gasteiger partial charge in [0, 0.05) is 13.1 Å². The van der Waals surface area contributed by atoms with Crippen LogP contribution in [0.5, 0.6) is 0 Å². The maximum absolute atomic E-state index is 11.5. The van der Waals surface area contributed by atoms with Gasteiger partial charge in [0.1, 0.15) is 5.88 Å². The lowest BCUT2D eigenvalue weighted by Crippen LogP contribution is -2.49. The molecule has 1 N–H and O–H groups in total. The van der Waals surface area contributed by atoms with Gasteiger partial charge in [-0.15, -0.1) is 11.6 Å². The normalized spacial score (nSPS) is 13.2. The summed E-state index contributed by atoms with van der Waals surface area (Å²) in [6.45, 7) is 8.03. The first-order chi connectivity index (χ1) is 6.70. The van der Waals surface area contributed by atoms with E-state index in [1.807, 2.05) is 27.7 Å². The van der Waals surface area contributed by atoms with E-state index in [2.05, 4.69) is 5.32 Å². The van der Waals surface area contributed by atoms with Crippen LogP contribution in [0.15, 0.2) is 0 Å². The molecule has 0 aromatic carbocycles. The molecule has 0 saturated heterocycles. The first kappa shape index (κ1) is 14.2. The van der Waals surface area contributed by atoms with Crippen molar-refractivity contribution in [1.82, 2.24) is 10.2 Å². The third-order valence-corrected chi connectivity index (χ3v) is 2.77. The maximum atomic E-state index is 11.5. The Morgan fingerprint density at radius 2 is 1.87 bits per heavy atom. The molecule has 0 aliphatic heterocycles. The van der Waals surface area contributed by atoms with Gasteiger partial charge in [-0.2, -0.15) is 0 Å². The van der Waals surface area contributed by atoms with Crippen molar-refractivity contribution in [1.29, 1.82) is 0 Å². The van der Waals surface area contributed by atoms with Crippen LogP contribution in [0.1, 0.15) is 27.7 Å². The first-order valence-electron chi connectivity index (χ1n) is 4.82. The third-order valence-electron chi connectivity index (χ3n) is 2.52. The van der Waals surface area contributed by atoms with Crippen molar-refractivity contribution in [3.05, 3.63) is 0 Å². The van der Waals surface area contributed by atoms with Crippen LogP contribution >= 0.6 is 11.6 Å². The highest BCUT2D eigenvalue weighted by atomic mass is 35.5. The van der Waals surface area contributed by atoms with Crippen LogP contribution in [0, 0.1) is 5.41 Å². The molecule has 0 bridgehead atoms. The zero-order valence-corrected chi connectivity index (χ0v) is 10.7. The zero-order chi connectivity index (χ0) is 12.2. The molecule has 0 aromatic rings. The van der Waals surface area contributed by atoms with Gasteiger partial charge >= 0.3 is 6.03 Å². The van der Waals surface area contributed by atoms with Crippen molar-refractivity contribution in [3.8, 4) is 0 Å². The Bertz CT molecular complexity index is 248. The summed E-state index contributed by atoms with van der Waals surface area (Å²) in [7, 11) is 1.66. The Morgan fingerprint density at radius 3 is 2.20 bits per heavy atom. The monoisotopic (exact) mass is 234 g/mol. The van der Waals surface area contributed by atoms with Gasteiger partial charge < -0.3 is 4.90 Å². The van der Waals surface area contributed by atoms with Crippen LogP contribution in [0.4, 0.5) is 4.79 Å². The van der Waals surface area contributed by atoms with Crippen molar-refractivity contribution in [2.24, 2.45) is 5.41 Å². The smallest absolute Gasteiger partial charge is 0.324 e. The molecule has 0 fully saturated rings. The van der Waals surface area contributed by atoms with E-state index in [1.54, 1.807) is 7.05 Å². The van der Waals surface area contributed by atoms with Crippen molar-refractivity contribution in [2.45, 2.75) is 33.7 Å². The van der Waals surface area contributed by atoms with Gasteiger partial charge in [0.15, 0.2) is 0 Å². The number of urea groups is 1. The summed E-state index contributed by atoms with van der Waals surface area (Å²) in [6.07, 6.45) is 0. The van der Waals surface area contributed by atoms with Gasteiger partial charge in [0.25, 0.3) is 0 Å². The number of imide groups is 1. The number of nitrogens with zero attached hydrogens (tertiary/aromatic N) is 1. The molecule has 0 spiro atoms. The number of hydrogen-bond donors (Lipinski definition) is 1. The van der Waals surface area contributed by atoms with Gasteiger partial charge in [-0.25, -0.2) is 4.79 Å². The first-order valence-corrected chi connectivity index (χ1v) is 5.36. The highest BCUT2D eigenvalue weighted by molar-refractivity contribution is 6.28. The highest BCUT2D eigenvalue weighted by Gasteiger charge is 2.27. The number of hydrogen-bond acceptors (Lipinski definition) is 2. The average molecular weight is 235 g/mol. The van der Waals surface area contributed by atoms with Crippen LogP contribution in [0.25, 0.3) is 0 Å². The Kier molecular flexibility index (Phi) is 5.08. The number of carbonyl (C=O) groups is 2. The second kappa shape index (κ2) is 5.35. The zero-order valence-electron chi connectivity index (χ0n) is 9.93. The van der Waals surface area contributed by atoms with E-state index in [-0.39, 0.29) is 17.3 Å². The molecule has 15 heavy (non-hydrogen) atoms. The molecule has 4 nitrogen and oxygen atoms in total. The third kappa shape index (κ3) is 4.51. The molecule has 0 radical (unpaired) electrons. The van der Waals surface area contributed by atoms with Crippen molar-refractivity contribution in [2.75, 3.05) is 12.9 Å². The summed E-state index contributed by atoms with van der Waals surface area (Å²) in [4.78, 5) is 23.9. The fourth-order valence-electron chi connectivity index (χ4n) is 0.998. The maximum Gasteiger partial charge on any atom is 0.324 e. The van der Waals surface area contributed by atoms with Crippen LogP contribution < -0.4 is 5.32 Å². The summed E-state index contributed by atoms with van der Waals surface area (Å²) in [5.41, 5.74) is -0.0316. The molecule has 0 aliphatic rings. The van der Waals surface area contributed by atoms with E-state index in [9.17, 15) is 9.59 Å². The van der Waals surface area contributed by atoms with E-state index in [0.29, 0.717) is 0 Å². The Hall–Kier alpha value is -0.770. The van der Waals surface area contributed by atoms with E-state index in [4.69, 9.17) is 11.6 Å². The van der Waals surface area contributed by atoms with E-state index in [1.165, 1.54) is 4.90 Å². The van der Waals surface area contributed by atoms with Gasteiger partial charge in [-0.3, -0.25) is 10.1 Å². The second-order valence-electron chi connectivity index (χ2n) is 4.64. The summed E-state index contributed by atoms with van der Waals surface area (Å²) in [5.74, 6) is -0.682. The summed E-state index contributed by atoms with van der Waals surface area (Å²) in [5, 5.41) is 2.20. The average Bonchev–Trinajstić information content (AvgIpc) is 2.13. The minimum absolute atomic E-state index is 0.0284. The van der Waals surface area contributed by atoms with Crippen LogP contribution in [-0.4, -0.2) is 35.8 Å². The molecular formula is C10H19ClN2O2. The van der Waals surface area contributed by atoms with E-state index in [0.717, 1.165) is 0 Å². The fraction of sp³-hybridized carbons (Fsp3) is 0.800. The molecule has 5 heteroatoms. The Labute approximate surface area is 96.0 Å². The van der Waals surface area contributed by atoms with Crippen molar-refractivity contribution < 1.29 is 9.59 Å². The number of alkyl halides is 1. The van der Waals surface area contributed by atoms with Gasteiger partial charge in [0.2, 0.25) is 5.91 Å². The van der Waals surface area contributed by atoms with E-state index < -0.39 is 11.9 Å². The standard InChI is InChI=1S/C10H19ClN2O2/c1-7(10(2,3)4)13(5)9(15)12-8(14)6-11/h7H,6H2,1-5H3,(H,12,14,15). The minimum Gasteiger partial charge on any atom is -0.324 e. The lowest BCUT2D eigenvalue weighted by atomic mass is 9.87. The largest absolute Gasteiger partial charge is 0.324 e. The quantitative estimate of drug-likeness (QED) is 0.741.